The van der Waals surface area contributed by atoms with E-state index in [-0.39, 0.29) is 16.4 Å². The normalized spacial score (nSPS) is 24.4. The highest BCUT2D eigenvalue weighted by Crippen LogP contribution is 2.42. The van der Waals surface area contributed by atoms with Gasteiger partial charge in [0.25, 0.3) is 5.91 Å². The topological polar surface area (TPSA) is 89.6 Å². The summed E-state index contributed by atoms with van der Waals surface area (Å²) in [4.78, 5) is 20.6. The number of alkyl halides is 1. The zero-order valence-electron chi connectivity index (χ0n) is 15.6. The predicted molar refractivity (Wildman–Crippen MR) is 106 cm³/mol. The Bertz CT molecular complexity index is 923. The number of methoxy groups -OCH3 is 1. The molecule has 3 rings (SSSR count). The van der Waals surface area contributed by atoms with E-state index in [1.807, 2.05) is 0 Å². The van der Waals surface area contributed by atoms with Crippen LogP contribution in [0.1, 0.15) is 29.9 Å². The number of aliphatic imine (C=N–C) groups is 1. The Hall–Kier alpha value is -2.68. The summed E-state index contributed by atoms with van der Waals surface area (Å²) in [5, 5.41) is 2.35. The first-order valence-electron chi connectivity index (χ1n) is 8.52. The Morgan fingerprint density at radius 2 is 2.11 bits per heavy atom. The number of pyridine rings is 1. The molecule has 9 heteroatoms. The number of rotatable bonds is 4. The zero-order chi connectivity index (χ0) is 20.5. The number of hydrogen-bond acceptors (Lipinski definition) is 6. The zero-order valence-corrected chi connectivity index (χ0v) is 16.4. The molecule has 28 heavy (non-hydrogen) atoms. The molecule has 1 amide bonds. The number of aromatic nitrogens is 1. The number of carbonyl (C=O) groups is 1. The number of carbonyl (C=O) groups excluding carboxylic acids is 1. The van der Waals surface area contributed by atoms with E-state index in [4.69, 9.17) is 10.5 Å². The van der Waals surface area contributed by atoms with Crippen LogP contribution in [0, 0.1) is 5.82 Å². The highest BCUT2D eigenvalue weighted by Gasteiger charge is 2.45. The van der Waals surface area contributed by atoms with Crippen LogP contribution in [-0.2, 0) is 5.54 Å². The molecule has 1 aromatic heterocycles. The van der Waals surface area contributed by atoms with Crippen molar-refractivity contribution in [2.45, 2.75) is 30.8 Å². The van der Waals surface area contributed by atoms with Crippen molar-refractivity contribution >= 4 is 28.5 Å². The van der Waals surface area contributed by atoms with Crippen LogP contribution < -0.4 is 15.8 Å². The molecule has 0 saturated heterocycles. The molecular formula is C19H20F2N4O2S. The Balaban J connectivity index is 1.91. The van der Waals surface area contributed by atoms with Crippen LogP contribution >= 0.6 is 11.8 Å². The van der Waals surface area contributed by atoms with Crippen molar-refractivity contribution in [2.24, 2.45) is 10.7 Å². The second kappa shape index (κ2) is 7.75. The maximum atomic E-state index is 14.9. The summed E-state index contributed by atoms with van der Waals surface area (Å²) in [6.45, 7) is 3.17. The smallest absolute Gasteiger partial charge is 0.274 e. The Kier molecular flexibility index (Phi) is 5.55. The van der Waals surface area contributed by atoms with Gasteiger partial charge in [-0.15, -0.1) is 0 Å². The molecule has 0 radical (unpaired) electrons. The molecule has 1 aliphatic rings. The molecule has 148 valence electrons. The van der Waals surface area contributed by atoms with Crippen molar-refractivity contribution in [1.82, 2.24) is 4.98 Å². The summed E-state index contributed by atoms with van der Waals surface area (Å²) in [6.07, 6.45) is -0.0355. The van der Waals surface area contributed by atoms with Crippen molar-refractivity contribution in [3.8, 4) is 5.75 Å². The van der Waals surface area contributed by atoms with Gasteiger partial charge in [0.15, 0.2) is 5.17 Å². The fourth-order valence-corrected chi connectivity index (χ4v) is 4.06. The van der Waals surface area contributed by atoms with Gasteiger partial charge in [0, 0.05) is 16.5 Å². The van der Waals surface area contributed by atoms with Gasteiger partial charge in [-0.25, -0.2) is 18.8 Å². The molecule has 1 aromatic carbocycles. The predicted octanol–water partition coefficient (Wildman–Crippen LogP) is 3.48. The third-order valence-corrected chi connectivity index (χ3v) is 5.52. The molecule has 0 fully saturated rings. The minimum absolute atomic E-state index is 0.0237. The number of nitrogens with zero attached hydrogens (tertiary/aromatic N) is 2. The van der Waals surface area contributed by atoms with Crippen molar-refractivity contribution in [3.63, 3.8) is 0 Å². The molecule has 0 bridgehead atoms. The molecular weight excluding hydrogens is 386 g/mol. The Morgan fingerprint density at radius 1 is 1.36 bits per heavy atom. The van der Waals surface area contributed by atoms with E-state index in [1.165, 1.54) is 44.5 Å². The first-order chi connectivity index (χ1) is 13.2. The van der Waals surface area contributed by atoms with Crippen LogP contribution in [-0.4, -0.2) is 34.6 Å². The van der Waals surface area contributed by atoms with Gasteiger partial charge in [-0.1, -0.05) is 11.8 Å². The van der Waals surface area contributed by atoms with Gasteiger partial charge in [-0.3, -0.25) is 4.79 Å². The first kappa shape index (κ1) is 20.1. The maximum Gasteiger partial charge on any atom is 0.274 e. The minimum atomic E-state index is -1.49. The van der Waals surface area contributed by atoms with Crippen LogP contribution in [0.4, 0.5) is 14.5 Å². The summed E-state index contributed by atoms with van der Waals surface area (Å²) in [5.74, 6) is -0.596. The van der Waals surface area contributed by atoms with Crippen LogP contribution in [0.15, 0.2) is 41.5 Å². The molecule has 0 aliphatic carbocycles. The summed E-state index contributed by atoms with van der Waals surface area (Å²) in [5.41, 5.74) is 4.80. The van der Waals surface area contributed by atoms with Crippen LogP contribution in [0.2, 0.25) is 0 Å². The molecule has 1 aliphatic heterocycles. The number of hydrogen-bond donors (Lipinski definition) is 2. The Labute approximate surface area is 165 Å². The number of halogens is 2. The van der Waals surface area contributed by atoms with E-state index < -0.39 is 28.7 Å². The second-order valence-electron chi connectivity index (χ2n) is 6.55. The minimum Gasteiger partial charge on any atom is -0.495 e. The third-order valence-electron chi connectivity index (χ3n) is 4.57. The number of thioether (sulfide) groups is 1. The average molecular weight is 406 g/mol. The largest absolute Gasteiger partial charge is 0.495 e. The van der Waals surface area contributed by atoms with Gasteiger partial charge < -0.3 is 15.8 Å². The number of nitrogens with one attached hydrogen (secondary N) is 1. The van der Waals surface area contributed by atoms with Gasteiger partial charge in [-0.2, -0.15) is 0 Å². The van der Waals surface area contributed by atoms with Crippen LogP contribution in [0.5, 0.6) is 5.75 Å². The number of anilines is 1. The van der Waals surface area contributed by atoms with Crippen LogP contribution in [0.3, 0.4) is 0 Å². The molecule has 2 heterocycles. The fourth-order valence-electron chi connectivity index (χ4n) is 3.05. The number of amidine groups is 1. The summed E-state index contributed by atoms with van der Waals surface area (Å²) in [7, 11) is 1.50. The number of amides is 1. The van der Waals surface area contributed by atoms with E-state index in [1.54, 1.807) is 13.0 Å². The fraction of sp³-hybridized carbons (Fsp3) is 0.316. The molecule has 0 unspecified atom stereocenters. The summed E-state index contributed by atoms with van der Waals surface area (Å²) >= 11 is 1.11. The standard InChI is InChI=1S/C19H20F2N4O2S/c1-10-16(21)19(2,25-18(22)28-10)13-8-11(4-6-14(13)20)24-17(26)15-7-5-12(27-3)9-23-15/h4-10,16H,1-3H3,(H2,22,25)(H,24,26)/t10-,16+,19-/m1/s1. The molecule has 3 N–H and O–H groups in total. The lowest BCUT2D eigenvalue weighted by Crippen LogP contribution is -2.44. The lowest BCUT2D eigenvalue weighted by atomic mass is 9.85. The quantitative estimate of drug-likeness (QED) is 0.811. The van der Waals surface area contributed by atoms with Crippen molar-refractivity contribution in [3.05, 3.63) is 53.6 Å². The molecule has 6 nitrogen and oxygen atoms in total. The summed E-state index contributed by atoms with van der Waals surface area (Å²) in [6, 6.07) is 7.05. The number of ether oxygens (including phenoxy) is 1. The van der Waals surface area contributed by atoms with E-state index in [2.05, 4.69) is 15.3 Å². The SMILES string of the molecule is COc1ccc(C(=O)Nc2ccc(F)c([C@@]3(C)N=C(N)S[C@H](C)[C@@H]3F)c2)nc1. The molecule has 0 spiro atoms. The highest BCUT2D eigenvalue weighted by molar-refractivity contribution is 8.14. The molecule has 2 aromatic rings. The van der Waals surface area contributed by atoms with Gasteiger partial charge in [0.2, 0.25) is 0 Å². The van der Waals surface area contributed by atoms with E-state index in [9.17, 15) is 13.6 Å². The lowest BCUT2D eigenvalue weighted by Gasteiger charge is -2.37. The van der Waals surface area contributed by atoms with E-state index in [0.717, 1.165) is 11.8 Å². The van der Waals surface area contributed by atoms with Gasteiger partial charge in [-0.05, 0) is 44.2 Å². The number of nitrogens with two attached hydrogens (primary N) is 1. The second-order valence-corrected chi connectivity index (χ2v) is 7.95. The van der Waals surface area contributed by atoms with E-state index >= 15 is 0 Å². The monoisotopic (exact) mass is 406 g/mol. The maximum absolute atomic E-state index is 14.9. The summed E-state index contributed by atoms with van der Waals surface area (Å²) < 4.78 is 34.5. The number of benzene rings is 1. The molecule has 0 saturated carbocycles. The third kappa shape index (κ3) is 3.80. The Morgan fingerprint density at radius 3 is 2.75 bits per heavy atom. The van der Waals surface area contributed by atoms with Gasteiger partial charge in [0.05, 0.1) is 13.3 Å². The van der Waals surface area contributed by atoms with E-state index in [0.29, 0.717) is 11.4 Å². The van der Waals surface area contributed by atoms with Crippen LogP contribution in [0.25, 0.3) is 0 Å². The van der Waals surface area contributed by atoms with Crippen molar-refractivity contribution < 1.29 is 18.3 Å². The first-order valence-corrected chi connectivity index (χ1v) is 9.40. The average Bonchev–Trinajstić information content (AvgIpc) is 2.67. The van der Waals surface area contributed by atoms with Gasteiger partial charge >= 0.3 is 0 Å². The van der Waals surface area contributed by atoms with Crippen molar-refractivity contribution in [1.29, 1.82) is 0 Å². The lowest BCUT2D eigenvalue weighted by molar-refractivity contribution is 0.102. The highest BCUT2D eigenvalue weighted by atomic mass is 32.2. The molecule has 3 atom stereocenters. The van der Waals surface area contributed by atoms with Gasteiger partial charge in [0.1, 0.15) is 29.0 Å². The van der Waals surface area contributed by atoms with Crippen molar-refractivity contribution in [2.75, 3.05) is 12.4 Å².